The monoisotopic (exact) mass is 506 g/mol. The van der Waals surface area contributed by atoms with Gasteiger partial charge >= 0.3 is 11.9 Å². The highest BCUT2D eigenvalue weighted by molar-refractivity contribution is 7.10. The third-order valence-corrected chi connectivity index (χ3v) is 7.52. The van der Waals surface area contributed by atoms with Crippen molar-refractivity contribution in [2.75, 3.05) is 13.2 Å². The van der Waals surface area contributed by atoms with Gasteiger partial charge in [0.1, 0.15) is 16.3 Å². The first-order chi connectivity index (χ1) is 17.3. The number of phenols is 1. The summed E-state index contributed by atoms with van der Waals surface area (Å²) in [5.74, 6) is -2.21. The number of aromatic hydroxyl groups is 1. The van der Waals surface area contributed by atoms with Crippen molar-refractivity contribution < 1.29 is 24.2 Å². The summed E-state index contributed by atoms with van der Waals surface area (Å²) in [5, 5.41) is 16.3. The van der Waals surface area contributed by atoms with Crippen LogP contribution in [0, 0.1) is 5.92 Å². The molecule has 0 bridgehead atoms. The number of benzene rings is 2. The second-order valence-corrected chi connectivity index (χ2v) is 9.62. The fraction of sp³-hybridized carbons (Fsp3) is 0.321. The average molecular weight is 507 g/mol. The smallest absolute Gasteiger partial charge is 0.336 e. The van der Waals surface area contributed by atoms with E-state index in [9.17, 15) is 14.7 Å². The van der Waals surface area contributed by atoms with Crippen molar-refractivity contribution in [3.05, 3.63) is 81.8 Å². The molecule has 0 amide bonds. The number of hydrogen-bond acceptors (Lipinski definition) is 8. The Labute approximate surface area is 214 Å². The summed E-state index contributed by atoms with van der Waals surface area (Å²) in [7, 11) is 0. The minimum Gasteiger partial charge on any atom is -0.507 e. The van der Waals surface area contributed by atoms with Crippen molar-refractivity contribution >= 4 is 23.3 Å². The van der Waals surface area contributed by atoms with Crippen LogP contribution in [0.1, 0.15) is 44.2 Å². The van der Waals surface area contributed by atoms with Crippen LogP contribution in [0.15, 0.2) is 71.2 Å². The first-order valence-corrected chi connectivity index (χ1v) is 12.8. The molecule has 0 spiro atoms. The molecular formula is C28H30N2O5S. The molecule has 1 aliphatic rings. The van der Waals surface area contributed by atoms with Gasteiger partial charge in [-0.2, -0.15) is 0 Å². The zero-order valence-corrected chi connectivity index (χ0v) is 21.6. The number of thiazole rings is 1. The Kier molecular flexibility index (Phi) is 7.45. The van der Waals surface area contributed by atoms with Crippen molar-refractivity contribution in [3.8, 4) is 17.0 Å². The second kappa shape index (κ2) is 10.5. The van der Waals surface area contributed by atoms with E-state index in [-0.39, 0.29) is 19.0 Å². The Bertz CT molecular complexity index is 1290. The Morgan fingerprint density at radius 1 is 1.06 bits per heavy atom. The number of aromatic nitrogens is 1. The van der Waals surface area contributed by atoms with Crippen molar-refractivity contribution in [1.82, 2.24) is 10.3 Å². The Hall–Kier alpha value is -3.65. The topological polar surface area (TPSA) is 97.8 Å². The third kappa shape index (κ3) is 4.60. The van der Waals surface area contributed by atoms with Crippen LogP contribution in [-0.2, 0) is 24.6 Å². The lowest BCUT2D eigenvalue weighted by Gasteiger charge is -2.45. The van der Waals surface area contributed by atoms with E-state index in [1.54, 1.807) is 32.0 Å². The maximum atomic E-state index is 13.6. The summed E-state index contributed by atoms with van der Waals surface area (Å²) in [6.45, 7) is 7.66. The van der Waals surface area contributed by atoms with Gasteiger partial charge in [-0.05, 0) is 45.4 Å². The maximum Gasteiger partial charge on any atom is 0.336 e. The number of hydrogen-bond donors (Lipinski definition) is 2. The molecule has 8 heteroatoms. The zero-order valence-electron chi connectivity index (χ0n) is 20.8. The Morgan fingerprint density at radius 3 is 2.39 bits per heavy atom. The molecule has 36 heavy (non-hydrogen) atoms. The van der Waals surface area contributed by atoms with Crippen LogP contribution < -0.4 is 5.32 Å². The van der Waals surface area contributed by atoms with E-state index >= 15 is 0 Å². The number of nitrogens with one attached hydrogen (secondary N) is 1. The maximum absolute atomic E-state index is 13.6. The normalized spacial score (nSPS) is 21.6. The van der Waals surface area contributed by atoms with Crippen LogP contribution in [0.5, 0.6) is 5.75 Å². The van der Waals surface area contributed by atoms with Gasteiger partial charge < -0.3 is 19.9 Å². The minimum atomic E-state index is -1.000. The van der Waals surface area contributed by atoms with Gasteiger partial charge in [0.25, 0.3) is 0 Å². The molecule has 0 aliphatic carbocycles. The molecule has 2 heterocycles. The molecule has 0 radical (unpaired) electrons. The zero-order chi connectivity index (χ0) is 25.9. The van der Waals surface area contributed by atoms with E-state index in [4.69, 9.17) is 14.5 Å². The van der Waals surface area contributed by atoms with Crippen LogP contribution >= 0.6 is 11.3 Å². The molecular weight excluding hydrogens is 476 g/mol. The van der Waals surface area contributed by atoms with Crippen molar-refractivity contribution in [2.24, 2.45) is 5.92 Å². The molecule has 1 aliphatic heterocycles. The van der Waals surface area contributed by atoms with Gasteiger partial charge in [-0.15, -0.1) is 11.3 Å². The highest BCUT2D eigenvalue weighted by Crippen LogP contribution is 2.49. The highest BCUT2D eigenvalue weighted by atomic mass is 32.1. The molecule has 3 aromatic rings. The van der Waals surface area contributed by atoms with E-state index in [1.807, 2.05) is 55.6 Å². The number of carbonyl (C=O) groups excluding carboxylic acids is 2. The van der Waals surface area contributed by atoms with Gasteiger partial charge in [-0.1, -0.05) is 42.5 Å². The average Bonchev–Trinajstić information content (AvgIpc) is 3.35. The Balaban J connectivity index is 1.92. The number of nitrogens with zero attached hydrogens (tertiary/aromatic N) is 1. The van der Waals surface area contributed by atoms with Crippen LogP contribution in [0.4, 0.5) is 0 Å². The lowest BCUT2D eigenvalue weighted by molar-refractivity contribution is -0.152. The van der Waals surface area contributed by atoms with Gasteiger partial charge in [0, 0.05) is 22.6 Å². The fourth-order valence-corrected chi connectivity index (χ4v) is 5.87. The summed E-state index contributed by atoms with van der Waals surface area (Å²) in [4.78, 5) is 31.7. The number of para-hydroxylation sites is 1. The summed E-state index contributed by atoms with van der Waals surface area (Å²) in [6, 6.07) is 16.5. The summed E-state index contributed by atoms with van der Waals surface area (Å²) >= 11 is 1.39. The van der Waals surface area contributed by atoms with Gasteiger partial charge in [0.15, 0.2) is 0 Å². The van der Waals surface area contributed by atoms with Crippen LogP contribution in [0.2, 0.25) is 0 Å². The van der Waals surface area contributed by atoms with Gasteiger partial charge in [-0.25, -0.2) is 9.78 Å². The number of carbonyl (C=O) groups is 2. The predicted octanol–water partition coefficient (Wildman–Crippen LogP) is 5.13. The molecule has 2 N–H and O–H groups in total. The van der Waals surface area contributed by atoms with Gasteiger partial charge in [-0.3, -0.25) is 4.79 Å². The quantitative estimate of drug-likeness (QED) is 0.429. The standard InChI is InChI=1S/C28H30N2O5S/c1-5-34-25(32)22-17(3)30-28(4,27-29-20(16-36-27)19-14-10-11-15-21(19)31)24(26(33)35-6-2)23(22)18-12-8-7-9-13-18/h7-16,23-24,30-31H,5-6H2,1-4H3. The molecule has 0 fully saturated rings. The SMILES string of the molecule is CCOC(=O)C1=C(C)NC(C)(c2nc(-c3ccccc3O)cs2)C(C(=O)OCC)C1c1ccccc1. The van der Waals surface area contributed by atoms with Gasteiger partial charge in [0.05, 0.1) is 30.4 Å². The van der Waals surface area contributed by atoms with E-state index in [1.165, 1.54) is 11.3 Å². The largest absolute Gasteiger partial charge is 0.507 e. The molecule has 3 unspecified atom stereocenters. The lowest BCUT2D eigenvalue weighted by Crippen LogP contribution is -2.55. The van der Waals surface area contributed by atoms with Crippen LogP contribution in [-0.4, -0.2) is 35.2 Å². The number of allylic oxidation sites excluding steroid dienone is 1. The van der Waals surface area contributed by atoms with Crippen molar-refractivity contribution in [3.63, 3.8) is 0 Å². The first kappa shape index (κ1) is 25.4. The van der Waals surface area contributed by atoms with E-state index in [2.05, 4.69) is 5.32 Å². The summed E-state index contributed by atoms with van der Waals surface area (Å²) in [5.41, 5.74) is 2.03. The molecule has 1 aromatic heterocycles. The van der Waals surface area contributed by atoms with Crippen molar-refractivity contribution in [1.29, 1.82) is 0 Å². The molecule has 4 rings (SSSR count). The minimum absolute atomic E-state index is 0.126. The first-order valence-electron chi connectivity index (χ1n) is 11.9. The fourth-order valence-electron chi connectivity index (χ4n) is 4.89. The molecule has 2 aromatic carbocycles. The van der Waals surface area contributed by atoms with Crippen LogP contribution in [0.3, 0.4) is 0 Å². The van der Waals surface area contributed by atoms with Gasteiger partial charge in [0.2, 0.25) is 0 Å². The highest BCUT2D eigenvalue weighted by Gasteiger charge is 2.54. The molecule has 188 valence electrons. The third-order valence-electron chi connectivity index (χ3n) is 6.44. The lowest BCUT2D eigenvalue weighted by atomic mass is 9.67. The predicted molar refractivity (Wildman–Crippen MR) is 138 cm³/mol. The number of esters is 2. The molecule has 7 nitrogen and oxygen atoms in total. The van der Waals surface area contributed by atoms with E-state index in [0.29, 0.717) is 27.5 Å². The summed E-state index contributed by atoms with van der Waals surface area (Å²) < 4.78 is 11.0. The van der Waals surface area contributed by atoms with E-state index in [0.717, 1.165) is 5.56 Å². The van der Waals surface area contributed by atoms with E-state index < -0.39 is 29.3 Å². The van der Waals surface area contributed by atoms with Crippen LogP contribution in [0.25, 0.3) is 11.3 Å². The number of rotatable bonds is 7. The second-order valence-electron chi connectivity index (χ2n) is 8.76. The molecule has 0 saturated carbocycles. The Morgan fingerprint density at radius 2 is 1.72 bits per heavy atom. The number of phenolic OH excluding ortho intramolecular Hbond substituents is 1. The molecule has 0 saturated heterocycles. The number of ether oxygens (including phenoxy) is 2. The van der Waals surface area contributed by atoms with Crippen molar-refractivity contribution in [2.45, 2.75) is 39.2 Å². The molecule has 3 atom stereocenters. The summed E-state index contributed by atoms with van der Waals surface area (Å²) in [6.07, 6.45) is 0.